The Labute approximate surface area is 101 Å². The van der Waals surface area contributed by atoms with Gasteiger partial charge in [-0.2, -0.15) is 5.26 Å². The van der Waals surface area contributed by atoms with Crippen LogP contribution in [0.3, 0.4) is 0 Å². The second kappa shape index (κ2) is 6.13. The number of anilines is 1. The third-order valence-corrected chi connectivity index (χ3v) is 2.58. The normalized spacial score (nSPS) is 12.2. The van der Waals surface area contributed by atoms with Gasteiger partial charge in [0, 0.05) is 17.8 Å². The SMILES string of the molecule is Cc1cc(NN)nc(CN(C)C(C)CC#N)n1. The summed E-state index contributed by atoms with van der Waals surface area (Å²) in [5, 5.41) is 8.64. The highest BCUT2D eigenvalue weighted by molar-refractivity contribution is 5.33. The first kappa shape index (κ1) is 13.4. The fourth-order valence-electron chi connectivity index (χ4n) is 1.44. The van der Waals surface area contributed by atoms with Crippen molar-refractivity contribution in [3.05, 3.63) is 17.6 Å². The van der Waals surface area contributed by atoms with Gasteiger partial charge < -0.3 is 5.43 Å². The molecule has 0 saturated heterocycles. The van der Waals surface area contributed by atoms with Crippen molar-refractivity contribution in [1.29, 1.82) is 5.26 Å². The molecule has 92 valence electrons. The molecule has 0 radical (unpaired) electrons. The number of nitrogens with zero attached hydrogens (tertiary/aromatic N) is 4. The Bertz CT molecular complexity index is 411. The van der Waals surface area contributed by atoms with Crippen molar-refractivity contribution in [2.75, 3.05) is 12.5 Å². The van der Waals surface area contributed by atoms with Crippen molar-refractivity contribution in [3.63, 3.8) is 0 Å². The molecule has 1 atom stereocenters. The van der Waals surface area contributed by atoms with E-state index in [9.17, 15) is 0 Å². The number of aromatic nitrogens is 2. The molecule has 0 aliphatic rings. The Morgan fingerprint density at radius 3 is 2.88 bits per heavy atom. The number of nitrogen functional groups attached to an aromatic ring is 1. The number of nitrogens with one attached hydrogen (secondary N) is 1. The minimum atomic E-state index is 0.179. The molecule has 0 spiro atoms. The molecule has 0 bridgehead atoms. The van der Waals surface area contributed by atoms with E-state index >= 15 is 0 Å². The molecule has 1 heterocycles. The van der Waals surface area contributed by atoms with Gasteiger partial charge in [0.25, 0.3) is 0 Å². The summed E-state index contributed by atoms with van der Waals surface area (Å²) in [4.78, 5) is 10.6. The van der Waals surface area contributed by atoms with Gasteiger partial charge in [-0.1, -0.05) is 0 Å². The van der Waals surface area contributed by atoms with Crippen molar-refractivity contribution < 1.29 is 0 Å². The van der Waals surface area contributed by atoms with E-state index in [1.165, 1.54) is 0 Å². The van der Waals surface area contributed by atoms with Crippen molar-refractivity contribution in [2.24, 2.45) is 5.84 Å². The number of nitriles is 1. The number of hydrogen-bond donors (Lipinski definition) is 2. The van der Waals surface area contributed by atoms with Gasteiger partial charge in [0.1, 0.15) is 11.6 Å². The van der Waals surface area contributed by atoms with Crippen LogP contribution in [0.15, 0.2) is 6.07 Å². The lowest BCUT2D eigenvalue weighted by atomic mass is 10.2. The van der Waals surface area contributed by atoms with Crippen LogP contribution in [0.2, 0.25) is 0 Å². The van der Waals surface area contributed by atoms with E-state index in [0.29, 0.717) is 24.6 Å². The summed E-state index contributed by atoms with van der Waals surface area (Å²) >= 11 is 0. The maximum Gasteiger partial charge on any atom is 0.145 e. The lowest BCUT2D eigenvalue weighted by Crippen LogP contribution is -2.29. The Morgan fingerprint density at radius 1 is 1.59 bits per heavy atom. The number of aryl methyl sites for hydroxylation is 1. The first-order valence-corrected chi connectivity index (χ1v) is 5.45. The maximum absolute atomic E-state index is 8.64. The van der Waals surface area contributed by atoms with E-state index in [-0.39, 0.29) is 6.04 Å². The number of rotatable bonds is 5. The summed E-state index contributed by atoms with van der Waals surface area (Å²) < 4.78 is 0. The molecule has 6 heteroatoms. The average Bonchev–Trinajstić information content (AvgIpc) is 2.28. The van der Waals surface area contributed by atoms with Crippen LogP contribution in [0.1, 0.15) is 24.9 Å². The van der Waals surface area contributed by atoms with E-state index in [2.05, 4.69) is 21.5 Å². The third-order valence-electron chi connectivity index (χ3n) is 2.58. The summed E-state index contributed by atoms with van der Waals surface area (Å²) in [6.45, 7) is 4.49. The molecular weight excluding hydrogens is 216 g/mol. The smallest absolute Gasteiger partial charge is 0.145 e. The zero-order valence-corrected chi connectivity index (χ0v) is 10.4. The van der Waals surface area contributed by atoms with Gasteiger partial charge in [0.05, 0.1) is 19.0 Å². The van der Waals surface area contributed by atoms with Crippen LogP contribution >= 0.6 is 0 Å². The molecule has 3 N–H and O–H groups in total. The molecule has 17 heavy (non-hydrogen) atoms. The molecule has 1 aromatic heterocycles. The van der Waals surface area contributed by atoms with Gasteiger partial charge in [-0.3, -0.25) is 4.90 Å². The summed E-state index contributed by atoms with van der Waals surface area (Å²) in [5.41, 5.74) is 3.38. The van der Waals surface area contributed by atoms with Crippen LogP contribution in [0.4, 0.5) is 5.82 Å². The molecule has 6 nitrogen and oxygen atoms in total. The van der Waals surface area contributed by atoms with Crippen molar-refractivity contribution in [3.8, 4) is 6.07 Å². The zero-order chi connectivity index (χ0) is 12.8. The van der Waals surface area contributed by atoms with E-state index in [0.717, 1.165) is 5.69 Å². The number of hydrogen-bond acceptors (Lipinski definition) is 6. The number of nitrogens with two attached hydrogens (primary N) is 1. The Hall–Kier alpha value is -1.71. The van der Waals surface area contributed by atoms with Crippen LogP contribution in [0, 0.1) is 18.3 Å². The summed E-state index contributed by atoms with van der Waals surface area (Å²) in [5.74, 6) is 6.63. The fraction of sp³-hybridized carbons (Fsp3) is 0.545. The molecule has 1 rings (SSSR count). The van der Waals surface area contributed by atoms with Crippen LogP contribution in [-0.4, -0.2) is 28.0 Å². The van der Waals surface area contributed by atoms with Gasteiger partial charge >= 0.3 is 0 Å². The van der Waals surface area contributed by atoms with Crippen LogP contribution in [0.25, 0.3) is 0 Å². The molecule has 0 fully saturated rings. The van der Waals surface area contributed by atoms with Crippen LogP contribution < -0.4 is 11.3 Å². The van der Waals surface area contributed by atoms with E-state index in [1.54, 1.807) is 6.07 Å². The molecule has 0 aliphatic heterocycles. The lowest BCUT2D eigenvalue weighted by molar-refractivity contribution is 0.246. The summed E-state index contributed by atoms with van der Waals surface area (Å²) in [6, 6.07) is 4.11. The summed E-state index contributed by atoms with van der Waals surface area (Å²) in [6.07, 6.45) is 0.490. The minimum Gasteiger partial charge on any atom is -0.308 e. The molecule has 0 amide bonds. The third kappa shape index (κ3) is 3.98. The Balaban J connectivity index is 2.74. The van der Waals surface area contributed by atoms with Gasteiger partial charge in [0.15, 0.2) is 0 Å². The van der Waals surface area contributed by atoms with Gasteiger partial charge in [-0.25, -0.2) is 15.8 Å². The van der Waals surface area contributed by atoms with E-state index < -0.39 is 0 Å². The second-order valence-corrected chi connectivity index (χ2v) is 4.08. The Kier molecular flexibility index (Phi) is 4.82. The molecule has 0 aliphatic carbocycles. The standard InChI is InChI=1S/C11H18N6/c1-8-6-10(16-13)15-11(14-8)7-17(3)9(2)4-5-12/h6,9H,4,7,13H2,1-3H3,(H,14,15,16). The largest absolute Gasteiger partial charge is 0.308 e. The van der Waals surface area contributed by atoms with E-state index in [1.807, 2.05) is 25.8 Å². The minimum absolute atomic E-state index is 0.179. The van der Waals surface area contributed by atoms with E-state index in [4.69, 9.17) is 11.1 Å². The monoisotopic (exact) mass is 234 g/mol. The predicted molar refractivity (Wildman–Crippen MR) is 65.7 cm³/mol. The first-order valence-electron chi connectivity index (χ1n) is 5.45. The number of hydrazine groups is 1. The molecular formula is C11H18N6. The highest BCUT2D eigenvalue weighted by atomic mass is 15.3. The zero-order valence-electron chi connectivity index (χ0n) is 10.4. The van der Waals surface area contributed by atoms with Gasteiger partial charge in [-0.15, -0.1) is 0 Å². The summed E-state index contributed by atoms with van der Waals surface area (Å²) in [7, 11) is 1.95. The molecule has 0 saturated carbocycles. The molecule has 0 aromatic carbocycles. The lowest BCUT2D eigenvalue weighted by Gasteiger charge is -2.21. The highest BCUT2D eigenvalue weighted by Crippen LogP contribution is 2.08. The van der Waals surface area contributed by atoms with Crippen molar-refractivity contribution in [1.82, 2.24) is 14.9 Å². The maximum atomic E-state index is 8.64. The topological polar surface area (TPSA) is 90.9 Å². The Morgan fingerprint density at radius 2 is 2.29 bits per heavy atom. The van der Waals surface area contributed by atoms with Gasteiger partial charge in [-0.05, 0) is 20.9 Å². The quantitative estimate of drug-likeness (QED) is 0.578. The first-order chi connectivity index (χ1) is 8.06. The van der Waals surface area contributed by atoms with Crippen molar-refractivity contribution >= 4 is 5.82 Å². The molecule has 1 aromatic rings. The second-order valence-electron chi connectivity index (χ2n) is 4.08. The van der Waals surface area contributed by atoms with Crippen molar-refractivity contribution in [2.45, 2.75) is 32.9 Å². The highest BCUT2D eigenvalue weighted by Gasteiger charge is 2.11. The predicted octanol–water partition coefficient (Wildman–Crippen LogP) is 0.805. The van der Waals surface area contributed by atoms with Crippen LogP contribution in [-0.2, 0) is 6.54 Å². The van der Waals surface area contributed by atoms with Crippen LogP contribution in [0.5, 0.6) is 0 Å². The fourth-order valence-corrected chi connectivity index (χ4v) is 1.44. The van der Waals surface area contributed by atoms with Gasteiger partial charge in [0.2, 0.25) is 0 Å². The average molecular weight is 234 g/mol. The molecule has 1 unspecified atom stereocenters.